The number of thiazole rings is 1. The molecular weight excluding hydrogens is 236 g/mol. The van der Waals surface area contributed by atoms with E-state index in [0.717, 1.165) is 5.56 Å². The molecule has 1 aromatic heterocycles. The lowest BCUT2D eigenvalue weighted by molar-refractivity contribution is 0.101. The fourth-order valence-corrected chi connectivity index (χ4v) is 2.29. The molecule has 0 unspecified atom stereocenters. The zero-order chi connectivity index (χ0) is 12.3. The molecule has 0 aliphatic heterocycles. The van der Waals surface area contributed by atoms with Crippen molar-refractivity contribution >= 4 is 22.1 Å². The monoisotopic (exact) mass is 244 g/mol. The van der Waals surface area contributed by atoms with E-state index in [9.17, 15) is 4.79 Å². The van der Waals surface area contributed by atoms with Crippen LogP contribution in [0.2, 0.25) is 0 Å². The van der Waals surface area contributed by atoms with Gasteiger partial charge in [-0.1, -0.05) is 30.3 Å². The van der Waals surface area contributed by atoms with Crippen molar-refractivity contribution in [1.29, 1.82) is 0 Å². The second-order valence-corrected chi connectivity index (χ2v) is 4.26. The molecule has 0 amide bonds. The highest BCUT2D eigenvalue weighted by molar-refractivity contribution is 7.19. The van der Waals surface area contributed by atoms with Gasteiger partial charge in [-0.2, -0.15) is 0 Å². The Morgan fingerprint density at radius 3 is 2.71 bits per heavy atom. The highest BCUT2D eigenvalue weighted by atomic mass is 32.1. The second kappa shape index (κ2) is 4.78. The van der Waals surface area contributed by atoms with Crippen molar-refractivity contribution in [3.8, 4) is 10.6 Å². The predicted molar refractivity (Wildman–Crippen MR) is 66.4 cm³/mol. The first kappa shape index (κ1) is 11.3. The SMILES string of the molecule is CC(=O)c1nc(-c2ccccc2)sc1N=[N+]=[N-]. The molecule has 0 saturated heterocycles. The molecule has 0 aliphatic carbocycles. The van der Waals surface area contributed by atoms with Crippen molar-refractivity contribution in [3.63, 3.8) is 0 Å². The zero-order valence-corrected chi connectivity index (χ0v) is 9.81. The Kier molecular flexibility index (Phi) is 3.18. The smallest absolute Gasteiger partial charge is 0.179 e. The molecule has 6 heteroatoms. The molecule has 0 spiro atoms. The standard InChI is InChI=1S/C11H8N4OS/c1-7(16)9-11(14-15-12)17-10(13-9)8-5-3-2-4-6-8/h2-6H,1H3. The largest absolute Gasteiger partial charge is 0.293 e. The van der Waals surface area contributed by atoms with Crippen molar-refractivity contribution < 1.29 is 4.79 Å². The number of benzene rings is 1. The second-order valence-electron chi connectivity index (χ2n) is 3.28. The summed E-state index contributed by atoms with van der Waals surface area (Å²) >= 11 is 1.21. The van der Waals surface area contributed by atoms with Gasteiger partial charge in [0.05, 0.1) is 0 Å². The lowest BCUT2D eigenvalue weighted by atomic mass is 10.2. The molecule has 2 rings (SSSR count). The molecule has 84 valence electrons. The average molecular weight is 244 g/mol. The fourth-order valence-electron chi connectivity index (χ4n) is 1.35. The maximum absolute atomic E-state index is 11.3. The van der Waals surface area contributed by atoms with Gasteiger partial charge in [-0.05, 0) is 10.6 Å². The normalized spacial score (nSPS) is 9.71. The highest BCUT2D eigenvalue weighted by Gasteiger charge is 2.14. The van der Waals surface area contributed by atoms with Gasteiger partial charge in [0.15, 0.2) is 5.78 Å². The van der Waals surface area contributed by atoms with Gasteiger partial charge in [-0.3, -0.25) is 4.79 Å². The summed E-state index contributed by atoms with van der Waals surface area (Å²) in [5, 5.41) is 4.49. The number of carbonyl (C=O) groups is 1. The first-order valence-electron chi connectivity index (χ1n) is 4.84. The highest BCUT2D eigenvalue weighted by Crippen LogP contribution is 2.34. The van der Waals surface area contributed by atoms with Gasteiger partial charge in [0, 0.05) is 17.4 Å². The van der Waals surface area contributed by atoms with Crippen LogP contribution >= 0.6 is 11.3 Å². The summed E-state index contributed by atoms with van der Waals surface area (Å²) in [4.78, 5) is 18.2. The Bertz CT molecular complexity index is 580. The summed E-state index contributed by atoms with van der Waals surface area (Å²) in [7, 11) is 0. The minimum Gasteiger partial charge on any atom is -0.293 e. The van der Waals surface area contributed by atoms with Crippen LogP contribution in [0, 0.1) is 0 Å². The van der Waals surface area contributed by atoms with Gasteiger partial charge in [0.25, 0.3) is 0 Å². The van der Waals surface area contributed by atoms with Crippen LogP contribution in [0.15, 0.2) is 35.4 Å². The minimum atomic E-state index is -0.203. The Morgan fingerprint density at radius 1 is 1.41 bits per heavy atom. The van der Waals surface area contributed by atoms with Gasteiger partial charge < -0.3 is 0 Å². The van der Waals surface area contributed by atoms with E-state index >= 15 is 0 Å². The van der Waals surface area contributed by atoms with E-state index < -0.39 is 0 Å². The molecular formula is C11H8N4OS. The quantitative estimate of drug-likeness (QED) is 0.354. The molecule has 1 aromatic carbocycles. The van der Waals surface area contributed by atoms with Crippen LogP contribution in [-0.4, -0.2) is 10.8 Å². The number of rotatable bonds is 3. The molecule has 0 N–H and O–H groups in total. The summed E-state index contributed by atoms with van der Waals surface area (Å²) in [6.45, 7) is 1.40. The van der Waals surface area contributed by atoms with Gasteiger partial charge in [-0.15, -0.1) is 11.3 Å². The van der Waals surface area contributed by atoms with Crippen molar-refractivity contribution in [3.05, 3.63) is 46.5 Å². The number of ketones is 1. The van der Waals surface area contributed by atoms with Gasteiger partial charge in [-0.25, -0.2) is 4.98 Å². The van der Waals surface area contributed by atoms with Crippen LogP contribution < -0.4 is 0 Å². The van der Waals surface area contributed by atoms with Crippen LogP contribution in [0.1, 0.15) is 17.4 Å². The van der Waals surface area contributed by atoms with E-state index in [1.807, 2.05) is 30.3 Å². The fraction of sp³-hybridized carbons (Fsp3) is 0.0909. The lowest BCUT2D eigenvalue weighted by Gasteiger charge is -1.92. The van der Waals surface area contributed by atoms with E-state index in [-0.39, 0.29) is 11.5 Å². The van der Waals surface area contributed by atoms with Crippen molar-refractivity contribution in [2.24, 2.45) is 5.11 Å². The van der Waals surface area contributed by atoms with Gasteiger partial charge >= 0.3 is 0 Å². The minimum absolute atomic E-state index is 0.203. The molecule has 0 bridgehead atoms. The molecule has 0 radical (unpaired) electrons. The molecule has 2 aromatic rings. The molecule has 17 heavy (non-hydrogen) atoms. The van der Waals surface area contributed by atoms with Crippen LogP contribution in [0.3, 0.4) is 0 Å². The third-order valence-corrected chi connectivity index (χ3v) is 3.09. The van der Waals surface area contributed by atoms with E-state index in [4.69, 9.17) is 5.53 Å². The molecule has 0 aliphatic rings. The number of Topliss-reactive ketones (excluding diaryl/α,β-unsaturated/α-hetero) is 1. The third-order valence-electron chi connectivity index (χ3n) is 2.10. The Hall–Kier alpha value is -2.17. The summed E-state index contributed by atoms with van der Waals surface area (Å²) in [6.07, 6.45) is 0. The summed E-state index contributed by atoms with van der Waals surface area (Å²) < 4.78 is 0. The molecule has 5 nitrogen and oxygen atoms in total. The van der Waals surface area contributed by atoms with E-state index in [0.29, 0.717) is 10.0 Å². The van der Waals surface area contributed by atoms with Crippen LogP contribution in [0.5, 0.6) is 0 Å². The van der Waals surface area contributed by atoms with Gasteiger partial charge in [0.2, 0.25) is 0 Å². The van der Waals surface area contributed by atoms with Crippen molar-refractivity contribution in [1.82, 2.24) is 4.98 Å². The maximum Gasteiger partial charge on any atom is 0.179 e. The summed E-state index contributed by atoms with van der Waals surface area (Å²) in [6, 6.07) is 9.46. The maximum atomic E-state index is 11.3. The molecule has 0 saturated carbocycles. The zero-order valence-electron chi connectivity index (χ0n) is 8.99. The molecule has 0 atom stereocenters. The summed E-state index contributed by atoms with van der Waals surface area (Å²) in [5.41, 5.74) is 9.56. The van der Waals surface area contributed by atoms with Crippen LogP contribution in [-0.2, 0) is 0 Å². The summed E-state index contributed by atoms with van der Waals surface area (Å²) in [5.74, 6) is -0.203. The average Bonchev–Trinajstić information content (AvgIpc) is 2.75. The Morgan fingerprint density at radius 2 is 2.12 bits per heavy atom. The number of nitrogens with zero attached hydrogens (tertiary/aromatic N) is 4. The first-order chi connectivity index (χ1) is 8.22. The number of aromatic nitrogens is 1. The van der Waals surface area contributed by atoms with Crippen LogP contribution in [0.4, 0.5) is 5.00 Å². The number of hydrogen-bond acceptors (Lipinski definition) is 4. The Labute approximate surface area is 101 Å². The predicted octanol–water partition coefficient (Wildman–Crippen LogP) is 3.95. The van der Waals surface area contributed by atoms with Crippen molar-refractivity contribution in [2.75, 3.05) is 0 Å². The van der Waals surface area contributed by atoms with Crippen molar-refractivity contribution in [2.45, 2.75) is 6.92 Å². The third kappa shape index (κ3) is 2.33. The molecule has 1 heterocycles. The lowest BCUT2D eigenvalue weighted by Crippen LogP contribution is -1.92. The van der Waals surface area contributed by atoms with E-state index in [2.05, 4.69) is 15.0 Å². The topological polar surface area (TPSA) is 78.7 Å². The number of azide groups is 1. The number of carbonyl (C=O) groups excluding carboxylic acids is 1. The molecule has 0 fully saturated rings. The first-order valence-corrected chi connectivity index (χ1v) is 5.66. The van der Waals surface area contributed by atoms with Gasteiger partial charge in [0.1, 0.15) is 15.7 Å². The van der Waals surface area contributed by atoms with E-state index in [1.54, 1.807) is 0 Å². The Balaban J connectivity index is 2.55. The van der Waals surface area contributed by atoms with Crippen LogP contribution in [0.25, 0.3) is 21.0 Å². The number of hydrogen-bond donors (Lipinski definition) is 0. The van der Waals surface area contributed by atoms with E-state index in [1.165, 1.54) is 18.3 Å².